The molecule has 0 saturated carbocycles. The van der Waals surface area contributed by atoms with Crippen molar-refractivity contribution in [2.75, 3.05) is 11.9 Å². The molecule has 1 amide bonds. The quantitative estimate of drug-likeness (QED) is 0.711. The zero-order valence-electron chi connectivity index (χ0n) is 13.5. The van der Waals surface area contributed by atoms with Crippen LogP contribution in [0.5, 0.6) is 0 Å². The third kappa shape index (κ3) is 3.81. The minimum Gasteiger partial charge on any atom is -0.371 e. The van der Waals surface area contributed by atoms with E-state index in [9.17, 15) is 4.79 Å². The molecule has 2 atom stereocenters. The molecule has 25 heavy (non-hydrogen) atoms. The summed E-state index contributed by atoms with van der Waals surface area (Å²) in [6.07, 6.45) is 6.36. The zero-order valence-corrected chi connectivity index (χ0v) is 15.1. The first-order valence-corrected chi connectivity index (χ1v) is 9.95. The second-order valence-corrected chi connectivity index (χ2v) is 7.69. The van der Waals surface area contributed by atoms with E-state index in [-0.39, 0.29) is 18.1 Å². The van der Waals surface area contributed by atoms with Crippen molar-refractivity contribution in [3.8, 4) is 0 Å². The van der Waals surface area contributed by atoms with Gasteiger partial charge in [0.15, 0.2) is 0 Å². The summed E-state index contributed by atoms with van der Waals surface area (Å²) in [6.45, 7) is 0.769. The molecule has 3 aromatic heterocycles. The van der Waals surface area contributed by atoms with E-state index >= 15 is 0 Å². The standard InChI is InChI=1S/C17H18N4O2S2/c22-15(18-17-20-19-16(25-17)14-4-3-8-23-14)10-13(12-5-9-24-11-12)21-6-1-2-7-21/h1-2,5-7,9,11,13-14H,3-4,8,10H2,(H,18,20,22)/t13-,14-/m1/s1. The molecule has 8 heteroatoms. The molecular weight excluding hydrogens is 356 g/mol. The number of ether oxygens (including phenoxy) is 1. The van der Waals surface area contributed by atoms with Crippen LogP contribution in [-0.4, -0.2) is 27.3 Å². The molecule has 4 rings (SSSR count). The fraction of sp³-hybridized carbons (Fsp3) is 0.353. The normalized spacial score (nSPS) is 18.3. The van der Waals surface area contributed by atoms with E-state index in [1.807, 2.05) is 29.9 Å². The Balaban J connectivity index is 1.43. The van der Waals surface area contributed by atoms with Crippen LogP contribution in [0.4, 0.5) is 5.13 Å². The molecule has 1 saturated heterocycles. The van der Waals surface area contributed by atoms with Gasteiger partial charge in [0.1, 0.15) is 11.1 Å². The van der Waals surface area contributed by atoms with Crippen LogP contribution in [0.3, 0.4) is 0 Å². The largest absolute Gasteiger partial charge is 0.371 e. The van der Waals surface area contributed by atoms with E-state index in [1.165, 1.54) is 11.3 Å². The lowest BCUT2D eigenvalue weighted by Crippen LogP contribution is -2.19. The third-order valence-electron chi connectivity index (χ3n) is 4.19. The number of thiophene rings is 1. The number of aromatic nitrogens is 3. The van der Waals surface area contributed by atoms with Crippen LogP contribution in [0, 0.1) is 0 Å². The van der Waals surface area contributed by atoms with Crippen molar-refractivity contribution in [3.05, 3.63) is 51.9 Å². The van der Waals surface area contributed by atoms with Crippen LogP contribution in [0.1, 0.15) is 42.0 Å². The number of anilines is 1. The lowest BCUT2D eigenvalue weighted by atomic mass is 10.1. The van der Waals surface area contributed by atoms with Crippen molar-refractivity contribution in [1.29, 1.82) is 0 Å². The van der Waals surface area contributed by atoms with Gasteiger partial charge >= 0.3 is 0 Å². The Hall–Kier alpha value is -2.03. The number of carbonyl (C=O) groups is 1. The fourth-order valence-corrected chi connectivity index (χ4v) is 4.50. The third-order valence-corrected chi connectivity index (χ3v) is 5.82. The molecule has 1 aliphatic heterocycles. The van der Waals surface area contributed by atoms with Crippen molar-refractivity contribution < 1.29 is 9.53 Å². The summed E-state index contributed by atoms with van der Waals surface area (Å²) in [6, 6.07) is 5.97. The zero-order chi connectivity index (χ0) is 17.1. The SMILES string of the molecule is O=C(C[C@H](c1ccsc1)n1cccc1)Nc1nnc([C@H]2CCCO2)s1. The summed E-state index contributed by atoms with van der Waals surface area (Å²) in [5.74, 6) is -0.0695. The van der Waals surface area contributed by atoms with Crippen LogP contribution < -0.4 is 5.32 Å². The summed E-state index contributed by atoms with van der Waals surface area (Å²) >= 11 is 3.03. The minimum absolute atomic E-state index is 0.0215. The first-order valence-electron chi connectivity index (χ1n) is 8.19. The van der Waals surface area contributed by atoms with Gasteiger partial charge in [0, 0.05) is 19.0 Å². The van der Waals surface area contributed by atoms with Crippen LogP contribution in [0.15, 0.2) is 41.4 Å². The van der Waals surface area contributed by atoms with Gasteiger partial charge in [-0.3, -0.25) is 4.79 Å². The maximum atomic E-state index is 12.5. The molecule has 1 N–H and O–H groups in total. The van der Waals surface area contributed by atoms with E-state index in [4.69, 9.17) is 4.74 Å². The van der Waals surface area contributed by atoms with E-state index in [2.05, 4.69) is 31.5 Å². The molecule has 0 radical (unpaired) electrons. The molecule has 0 aliphatic carbocycles. The van der Waals surface area contributed by atoms with Gasteiger partial charge in [-0.25, -0.2) is 0 Å². The molecule has 3 aromatic rings. The van der Waals surface area contributed by atoms with Gasteiger partial charge in [0.2, 0.25) is 11.0 Å². The predicted octanol–water partition coefficient (Wildman–Crippen LogP) is 3.87. The van der Waals surface area contributed by atoms with Gasteiger partial charge in [-0.15, -0.1) is 10.2 Å². The van der Waals surface area contributed by atoms with Gasteiger partial charge in [0.25, 0.3) is 0 Å². The number of nitrogens with zero attached hydrogens (tertiary/aromatic N) is 3. The molecule has 0 spiro atoms. The minimum atomic E-state index is -0.0695. The Bertz CT molecular complexity index is 773. The van der Waals surface area contributed by atoms with Crippen LogP contribution in [0.25, 0.3) is 0 Å². The van der Waals surface area contributed by atoms with E-state index in [0.717, 1.165) is 30.0 Å². The summed E-state index contributed by atoms with van der Waals surface area (Å²) in [5, 5.41) is 16.6. The monoisotopic (exact) mass is 374 g/mol. The summed E-state index contributed by atoms with van der Waals surface area (Å²) < 4.78 is 7.67. The molecule has 1 fully saturated rings. The van der Waals surface area contributed by atoms with Crippen LogP contribution in [-0.2, 0) is 9.53 Å². The highest BCUT2D eigenvalue weighted by atomic mass is 32.1. The smallest absolute Gasteiger partial charge is 0.228 e. The molecule has 0 bridgehead atoms. The first kappa shape index (κ1) is 16.4. The van der Waals surface area contributed by atoms with Crippen molar-refractivity contribution in [3.63, 3.8) is 0 Å². The number of hydrogen-bond acceptors (Lipinski definition) is 6. The Labute approximate surface area is 153 Å². The topological polar surface area (TPSA) is 69.0 Å². The average Bonchev–Trinajstić information content (AvgIpc) is 3.42. The van der Waals surface area contributed by atoms with Crippen molar-refractivity contribution >= 4 is 33.7 Å². The lowest BCUT2D eigenvalue weighted by molar-refractivity contribution is -0.116. The molecule has 4 heterocycles. The van der Waals surface area contributed by atoms with Crippen molar-refractivity contribution in [2.45, 2.75) is 31.4 Å². The van der Waals surface area contributed by atoms with Gasteiger partial charge < -0.3 is 14.6 Å². The van der Waals surface area contributed by atoms with Crippen LogP contribution in [0.2, 0.25) is 0 Å². The molecule has 130 valence electrons. The Morgan fingerprint density at radius 1 is 1.40 bits per heavy atom. The average molecular weight is 374 g/mol. The number of carbonyl (C=O) groups excluding carboxylic acids is 1. The highest BCUT2D eigenvalue weighted by molar-refractivity contribution is 7.15. The summed E-state index contributed by atoms with van der Waals surface area (Å²) in [5.41, 5.74) is 1.13. The Morgan fingerprint density at radius 3 is 3.00 bits per heavy atom. The second kappa shape index (κ2) is 7.47. The number of hydrogen-bond donors (Lipinski definition) is 1. The van der Waals surface area contributed by atoms with E-state index in [1.54, 1.807) is 11.3 Å². The number of nitrogens with one attached hydrogen (secondary N) is 1. The molecule has 0 unspecified atom stereocenters. The van der Waals surface area contributed by atoms with Gasteiger partial charge in [0.05, 0.1) is 12.5 Å². The Morgan fingerprint density at radius 2 is 2.28 bits per heavy atom. The number of rotatable bonds is 6. The maximum Gasteiger partial charge on any atom is 0.228 e. The van der Waals surface area contributed by atoms with Crippen molar-refractivity contribution in [2.24, 2.45) is 0 Å². The lowest BCUT2D eigenvalue weighted by Gasteiger charge is -2.17. The fourth-order valence-electron chi connectivity index (χ4n) is 2.95. The highest BCUT2D eigenvalue weighted by Gasteiger charge is 2.23. The second-order valence-electron chi connectivity index (χ2n) is 5.90. The summed E-state index contributed by atoms with van der Waals surface area (Å²) in [4.78, 5) is 12.5. The summed E-state index contributed by atoms with van der Waals surface area (Å²) in [7, 11) is 0. The molecule has 6 nitrogen and oxygen atoms in total. The number of amides is 1. The van der Waals surface area contributed by atoms with E-state index < -0.39 is 0 Å². The first-order chi connectivity index (χ1) is 12.3. The highest BCUT2D eigenvalue weighted by Crippen LogP contribution is 2.32. The van der Waals surface area contributed by atoms with Gasteiger partial charge in [-0.1, -0.05) is 11.3 Å². The molecular formula is C17H18N4O2S2. The molecule has 0 aromatic carbocycles. The Kier molecular flexibility index (Phi) is 4.91. The molecule has 1 aliphatic rings. The predicted molar refractivity (Wildman–Crippen MR) is 98.0 cm³/mol. The van der Waals surface area contributed by atoms with Gasteiger partial charge in [-0.2, -0.15) is 11.3 Å². The maximum absolute atomic E-state index is 12.5. The van der Waals surface area contributed by atoms with Gasteiger partial charge in [-0.05, 0) is 47.4 Å². The van der Waals surface area contributed by atoms with Crippen LogP contribution >= 0.6 is 22.7 Å². The van der Waals surface area contributed by atoms with E-state index in [0.29, 0.717) is 11.6 Å². The van der Waals surface area contributed by atoms with Crippen molar-refractivity contribution in [1.82, 2.24) is 14.8 Å².